The second kappa shape index (κ2) is 9.78. The van der Waals surface area contributed by atoms with E-state index in [1.165, 1.54) is 0 Å². The van der Waals surface area contributed by atoms with Gasteiger partial charge in [-0.1, -0.05) is 18.2 Å². The lowest BCUT2D eigenvalue weighted by Gasteiger charge is -2.21. The molecule has 0 bridgehead atoms. The third kappa shape index (κ3) is 5.03. The van der Waals surface area contributed by atoms with E-state index < -0.39 is 5.97 Å². The molecule has 0 aliphatic carbocycles. The second-order valence-corrected chi connectivity index (χ2v) is 6.42. The minimum absolute atomic E-state index is 0.254. The van der Waals surface area contributed by atoms with Crippen LogP contribution < -0.4 is 9.47 Å². The molecule has 2 aromatic rings. The molecular weight excluding hydrogens is 358 g/mol. The van der Waals surface area contributed by atoms with Crippen LogP contribution in [0.15, 0.2) is 36.4 Å². The fourth-order valence-electron chi connectivity index (χ4n) is 2.84. The number of likely N-dealkylation sites (N-methyl/N-ethyl adjacent to an activating group) is 1. The van der Waals surface area contributed by atoms with Gasteiger partial charge in [-0.3, -0.25) is 4.79 Å². The number of methoxy groups -OCH3 is 2. The average Bonchev–Trinajstić information content (AvgIpc) is 2.71. The van der Waals surface area contributed by atoms with E-state index in [1.54, 1.807) is 37.3 Å². The summed E-state index contributed by atoms with van der Waals surface area (Å²) in [5.74, 6) is 0.487. The zero-order valence-electron chi connectivity index (χ0n) is 17.1. The van der Waals surface area contributed by atoms with Crippen LogP contribution in [0.25, 0.3) is 0 Å². The van der Waals surface area contributed by atoms with Crippen LogP contribution in [-0.4, -0.2) is 44.1 Å². The Morgan fingerprint density at radius 1 is 1.00 bits per heavy atom. The van der Waals surface area contributed by atoms with E-state index in [0.29, 0.717) is 30.2 Å². The van der Waals surface area contributed by atoms with Gasteiger partial charge in [0.1, 0.15) is 0 Å². The van der Waals surface area contributed by atoms with Crippen LogP contribution in [0, 0.1) is 13.8 Å². The predicted octanol–water partition coefficient (Wildman–Crippen LogP) is 3.53. The summed E-state index contributed by atoms with van der Waals surface area (Å²) in [4.78, 5) is 26.5. The van der Waals surface area contributed by atoms with Crippen molar-refractivity contribution in [1.29, 1.82) is 0 Å². The molecule has 0 saturated carbocycles. The average molecular weight is 385 g/mol. The van der Waals surface area contributed by atoms with E-state index in [4.69, 9.17) is 14.2 Å². The van der Waals surface area contributed by atoms with Crippen molar-refractivity contribution in [2.45, 2.75) is 27.3 Å². The summed E-state index contributed by atoms with van der Waals surface area (Å²) < 4.78 is 15.8. The monoisotopic (exact) mass is 385 g/mol. The van der Waals surface area contributed by atoms with Gasteiger partial charge in [0.25, 0.3) is 5.91 Å². The van der Waals surface area contributed by atoms with Gasteiger partial charge in [0, 0.05) is 13.1 Å². The lowest BCUT2D eigenvalue weighted by atomic mass is 10.0. The van der Waals surface area contributed by atoms with E-state index in [1.807, 2.05) is 39.0 Å². The number of esters is 1. The molecule has 150 valence electrons. The van der Waals surface area contributed by atoms with Crippen molar-refractivity contribution in [3.8, 4) is 11.5 Å². The summed E-state index contributed by atoms with van der Waals surface area (Å²) >= 11 is 0. The van der Waals surface area contributed by atoms with Crippen molar-refractivity contribution in [1.82, 2.24) is 4.90 Å². The molecule has 0 aromatic heterocycles. The van der Waals surface area contributed by atoms with Crippen molar-refractivity contribution in [3.63, 3.8) is 0 Å². The van der Waals surface area contributed by atoms with Crippen molar-refractivity contribution < 1.29 is 23.8 Å². The number of rotatable bonds is 8. The lowest BCUT2D eigenvalue weighted by Crippen LogP contribution is -2.34. The van der Waals surface area contributed by atoms with Crippen LogP contribution >= 0.6 is 0 Å². The molecule has 6 heteroatoms. The summed E-state index contributed by atoms with van der Waals surface area (Å²) in [5, 5.41) is 0. The number of hydrogen-bond acceptors (Lipinski definition) is 5. The number of ether oxygens (including phenoxy) is 3. The highest BCUT2D eigenvalue weighted by Crippen LogP contribution is 2.28. The first-order chi connectivity index (χ1) is 13.4. The summed E-state index contributed by atoms with van der Waals surface area (Å²) in [5.41, 5.74) is 3.24. The van der Waals surface area contributed by atoms with Crippen LogP contribution in [0.3, 0.4) is 0 Å². The smallest absolute Gasteiger partial charge is 0.338 e. The largest absolute Gasteiger partial charge is 0.493 e. The molecule has 0 atom stereocenters. The first kappa shape index (κ1) is 21.3. The van der Waals surface area contributed by atoms with Crippen molar-refractivity contribution in [3.05, 3.63) is 58.7 Å². The van der Waals surface area contributed by atoms with E-state index in [0.717, 1.165) is 16.7 Å². The Kier molecular flexibility index (Phi) is 7.44. The quantitative estimate of drug-likeness (QED) is 0.651. The van der Waals surface area contributed by atoms with Gasteiger partial charge in [-0.05, 0) is 55.7 Å². The van der Waals surface area contributed by atoms with Gasteiger partial charge >= 0.3 is 5.97 Å². The minimum atomic E-state index is -0.489. The SMILES string of the molecule is CCN(Cc1ccc(OC)c(OC)c1)C(=O)COC(=O)c1cccc(C)c1C. The van der Waals surface area contributed by atoms with Gasteiger partial charge in [-0.2, -0.15) is 0 Å². The Morgan fingerprint density at radius 2 is 1.71 bits per heavy atom. The summed E-state index contributed by atoms with van der Waals surface area (Å²) in [6, 6.07) is 10.9. The molecule has 2 rings (SSSR count). The molecular formula is C22H27NO5. The highest BCUT2D eigenvalue weighted by molar-refractivity contribution is 5.93. The number of aryl methyl sites for hydroxylation is 1. The van der Waals surface area contributed by atoms with E-state index in [-0.39, 0.29) is 12.5 Å². The van der Waals surface area contributed by atoms with Crippen molar-refractivity contribution in [2.24, 2.45) is 0 Å². The molecule has 28 heavy (non-hydrogen) atoms. The molecule has 0 aliphatic rings. The predicted molar refractivity (Wildman–Crippen MR) is 107 cm³/mol. The topological polar surface area (TPSA) is 65.1 Å². The van der Waals surface area contributed by atoms with E-state index >= 15 is 0 Å². The van der Waals surface area contributed by atoms with Crippen LogP contribution in [0.1, 0.15) is 34.0 Å². The van der Waals surface area contributed by atoms with Gasteiger partial charge in [-0.15, -0.1) is 0 Å². The Labute approximate surface area is 166 Å². The van der Waals surface area contributed by atoms with Crippen molar-refractivity contribution in [2.75, 3.05) is 27.4 Å². The number of carbonyl (C=O) groups excluding carboxylic acids is 2. The molecule has 1 amide bonds. The molecule has 0 N–H and O–H groups in total. The Hall–Kier alpha value is -3.02. The number of carbonyl (C=O) groups is 2. The molecule has 0 heterocycles. The van der Waals surface area contributed by atoms with Gasteiger partial charge in [0.15, 0.2) is 18.1 Å². The van der Waals surface area contributed by atoms with Gasteiger partial charge < -0.3 is 19.1 Å². The molecule has 6 nitrogen and oxygen atoms in total. The van der Waals surface area contributed by atoms with Crippen molar-refractivity contribution >= 4 is 11.9 Å². The summed E-state index contributed by atoms with van der Waals surface area (Å²) in [6.07, 6.45) is 0. The first-order valence-corrected chi connectivity index (χ1v) is 9.13. The highest BCUT2D eigenvalue weighted by atomic mass is 16.5. The van der Waals surface area contributed by atoms with Gasteiger partial charge in [0.2, 0.25) is 0 Å². The molecule has 2 aromatic carbocycles. The molecule has 0 aliphatic heterocycles. The Bertz CT molecular complexity index is 847. The van der Waals surface area contributed by atoms with Crippen LogP contribution in [0.4, 0.5) is 0 Å². The minimum Gasteiger partial charge on any atom is -0.493 e. The Balaban J connectivity index is 2.01. The van der Waals surface area contributed by atoms with Gasteiger partial charge in [0.05, 0.1) is 19.8 Å². The third-order valence-corrected chi connectivity index (χ3v) is 4.71. The fraction of sp³-hybridized carbons (Fsp3) is 0.364. The summed E-state index contributed by atoms with van der Waals surface area (Å²) in [6.45, 7) is 6.26. The van der Waals surface area contributed by atoms with Gasteiger partial charge in [-0.25, -0.2) is 4.79 Å². The zero-order valence-corrected chi connectivity index (χ0v) is 17.1. The summed E-state index contributed by atoms with van der Waals surface area (Å²) in [7, 11) is 3.14. The maximum absolute atomic E-state index is 12.5. The number of hydrogen-bond donors (Lipinski definition) is 0. The highest BCUT2D eigenvalue weighted by Gasteiger charge is 2.18. The maximum Gasteiger partial charge on any atom is 0.338 e. The zero-order chi connectivity index (χ0) is 20.7. The fourth-order valence-corrected chi connectivity index (χ4v) is 2.84. The number of benzene rings is 2. The van der Waals surface area contributed by atoms with E-state index in [2.05, 4.69) is 0 Å². The molecule has 0 fully saturated rings. The first-order valence-electron chi connectivity index (χ1n) is 9.13. The number of amides is 1. The van der Waals surface area contributed by atoms with Crippen LogP contribution in [0.2, 0.25) is 0 Å². The van der Waals surface area contributed by atoms with Crippen LogP contribution in [0.5, 0.6) is 11.5 Å². The third-order valence-electron chi connectivity index (χ3n) is 4.71. The normalized spacial score (nSPS) is 10.3. The molecule has 0 unspecified atom stereocenters. The van der Waals surface area contributed by atoms with E-state index in [9.17, 15) is 9.59 Å². The Morgan fingerprint density at radius 3 is 2.36 bits per heavy atom. The van der Waals surface area contributed by atoms with Crippen LogP contribution in [-0.2, 0) is 16.1 Å². The molecule has 0 saturated heterocycles. The molecule has 0 spiro atoms. The molecule has 0 radical (unpaired) electrons. The number of nitrogens with zero attached hydrogens (tertiary/aromatic N) is 1. The lowest BCUT2D eigenvalue weighted by molar-refractivity contribution is -0.134. The standard InChI is InChI=1S/C22H27NO5/c1-6-23(13-17-10-11-19(26-4)20(12-17)27-5)21(24)14-28-22(25)18-9-7-8-15(2)16(18)3/h7-12H,6,13-14H2,1-5H3. The maximum atomic E-state index is 12.5. The second-order valence-electron chi connectivity index (χ2n) is 6.42.